The molecule has 1 saturated heterocycles. The number of hydrogen-bond acceptors (Lipinski definition) is 6. The molecule has 1 N–H and O–H groups in total. The van der Waals surface area contributed by atoms with Crippen molar-refractivity contribution in [2.75, 3.05) is 37.7 Å². The number of ether oxygens (including phenoxy) is 1. The number of hydrogen-bond donors (Lipinski definition) is 1. The quantitative estimate of drug-likeness (QED) is 0.196. The van der Waals surface area contributed by atoms with Gasteiger partial charge in [-0.3, -0.25) is 24.1 Å². The standard InChI is InChI=1S/C40H41ClN6O4.ClH/c1-43-17-15-38(42-43)47(30-10-12-32(48)13-11-30)40(50)35-24-37(45-16-5-4-8-36(35)45)34-23-29(41)9-14-33(34)39(49)46-25-28-7-3-2-6-27(28)22-31(46)26-44-18-20-51-21-19-44;/h2-3,6-7,9-15,17,23-24,31,48H,4-5,8,16,18-22,25-26H2,1H3;1H/t31-;/m0./s1. The number of morpholine rings is 1. The van der Waals surface area contributed by atoms with Crippen LogP contribution in [0.25, 0.3) is 11.3 Å². The summed E-state index contributed by atoms with van der Waals surface area (Å²) in [5.41, 5.74) is 6.60. The Hall–Kier alpha value is -4.61. The van der Waals surface area contributed by atoms with Crippen molar-refractivity contribution in [2.45, 2.75) is 44.8 Å². The number of anilines is 2. The highest BCUT2D eigenvalue weighted by Gasteiger charge is 2.35. The number of aromatic hydroxyl groups is 1. The Labute approximate surface area is 314 Å². The normalized spacial score (nSPS) is 17.2. The number of carbonyl (C=O) groups is 2. The maximum Gasteiger partial charge on any atom is 0.265 e. The van der Waals surface area contributed by atoms with Gasteiger partial charge in [0, 0.05) is 85.6 Å². The van der Waals surface area contributed by atoms with Gasteiger partial charge in [0.15, 0.2) is 5.82 Å². The van der Waals surface area contributed by atoms with Crippen LogP contribution in [0, 0.1) is 0 Å². The lowest BCUT2D eigenvalue weighted by molar-refractivity contribution is 0.0193. The molecule has 1 fully saturated rings. The molecule has 0 unspecified atom stereocenters. The van der Waals surface area contributed by atoms with Gasteiger partial charge in [-0.2, -0.15) is 5.10 Å². The second-order valence-electron chi connectivity index (χ2n) is 13.7. The summed E-state index contributed by atoms with van der Waals surface area (Å²) in [6, 6.07) is 24.2. The highest BCUT2D eigenvalue weighted by Crippen LogP contribution is 2.38. The van der Waals surface area contributed by atoms with Gasteiger partial charge in [-0.25, -0.2) is 0 Å². The van der Waals surface area contributed by atoms with Crippen LogP contribution in [0.15, 0.2) is 85.1 Å². The molecule has 3 aliphatic heterocycles. The van der Waals surface area contributed by atoms with Crippen molar-refractivity contribution in [3.8, 4) is 17.0 Å². The van der Waals surface area contributed by atoms with Crippen LogP contribution in [0.4, 0.5) is 11.5 Å². The van der Waals surface area contributed by atoms with E-state index in [2.05, 4.69) is 32.8 Å². The summed E-state index contributed by atoms with van der Waals surface area (Å²) in [5, 5.41) is 15.1. The third-order valence-electron chi connectivity index (χ3n) is 10.4. The first-order valence-corrected chi connectivity index (χ1v) is 18.0. The van der Waals surface area contributed by atoms with E-state index in [-0.39, 0.29) is 36.0 Å². The van der Waals surface area contributed by atoms with Crippen LogP contribution >= 0.6 is 24.0 Å². The zero-order valence-electron chi connectivity index (χ0n) is 29.1. The fourth-order valence-corrected chi connectivity index (χ4v) is 7.99. The van der Waals surface area contributed by atoms with Crippen LogP contribution in [0.3, 0.4) is 0 Å². The van der Waals surface area contributed by atoms with Crippen molar-refractivity contribution >= 4 is 47.3 Å². The summed E-state index contributed by atoms with van der Waals surface area (Å²) in [6.07, 6.45) is 5.21. The number of aromatic nitrogens is 3. The lowest BCUT2D eigenvalue weighted by Gasteiger charge is -2.40. The molecule has 0 aliphatic carbocycles. The number of amides is 2. The van der Waals surface area contributed by atoms with Gasteiger partial charge in [0.25, 0.3) is 11.8 Å². The summed E-state index contributed by atoms with van der Waals surface area (Å²) < 4.78 is 9.48. The molecule has 2 amide bonds. The van der Waals surface area contributed by atoms with E-state index in [0.717, 1.165) is 68.8 Å². The summed E-state index contributed by atoms with van der Waals surface area (Å²) in [7, 11) is 1.81. The molecule has 8 rings (SSSR count). The minimum Gasteiger partial charge on any atom is -0.508 e. The number of halogens is 2. The Bertz CT molecular complexity index is 2090. The molecule has 2 aromatic heterocycles. The van der Waals surface area contributed by atoms with Crippen molar-refractivity contribution in [3.05, 3.63) is 118 Å². The summed E-state index contributed by atoms with van der Waals surface area (Å²) in [4.78, 5) is 35.6. The minimum absolute atomic E-state index is 0. The largest absolute Gasteiger partial charge is 0.508 e. The second-order valence-corrected chi connectivity index (χ2v) is 14.1. The maximum absolute atomic E-state index is 14.9. The number of phenolic OH excluding ortho intramolecular Hbond substituents is 1. The molecule has 0 radical (unpaired) electrons. The van der Waals surface area contributed by atoms with Gasteiger partial charge >= 0.3 is 0 Å². The van der Waals surface area contributed by atoms with E-state index in [4.69, 9.17) is 16.3 Å². The minimum atomic E-state index is -0.232. The van der Waals surface area contributed by atoms with Crippen LogP contribution in [-0.4, -0.2) is 80.0 Å². The van der Waals surface area contributed by atoms with Crippen LogP contribution in [0.1, 0.15) is 50.4 Å². The summed E-state index contributed by atoms with van der Waals surface area (Å²) in [5.74, 6) is 0.302. The predicted molar refractivity (Wildman–Crippen MR) is 204 cm³/mol. The highest BCUT2D eigenvalue weighted by atomic mass is 35.5. The SMILES string of the molecule is Cl.Cn1ccc(N(C(=O)c2cc(-c3cc(Cl)ccc3C(=O)N3Cc4ccccc4C[C@H]3CN3CCOCC3)n3c2CCCC3)c2ccc(O)cc2)n1. The van der Waals surface area contributed by atoms with Crippen LogP contribution in [-0.2, 0) is 37.7 Å². The Morgan fingerprint density at radius 3 is 2.46 bits per heavy atom. The molecule has 12 heteroatoms. The van der Waals surface area contributed by atoms with Gasteiger partial charge in [0.1, 0.15) is 5.75 Å². The van der Waals surface area contributed by atoms with Crippen molar-refractivity contribution in [2.24, 2.45) is 7.05 Å². The topological polar surface area (TPSA) is 96.1 Å². The lowest BCUT2D eigenvalue weighted by Crippen LogP contribution is -2.52. The summed E-state index contributed by atoms with van der Waals surface area (Å²) in [6.45, 7) is 5.10. The average Bonchev–Trinajstić information content (AvgIpc) is 3.76. The first-order chi connectivity index (χ1) is 24.8. The molecule has 1 atom stereocenters. The van der Waals surface area contributed by atoms with Gasteiger partial charge in [-0.1, -0.05) is 35.9 Å². The maximum atomic E-state index is 14.9. The molecular formula is C40H42Cl2N6O4. The van der Waals surface area contributed by atoms with E-state index < -0.39 is 0 Å². The molecule has 5 heterocycles. The summed E-state index contributed by atoms with van der Waals surface area (Å²) >= 11 is 6.70. The van der Waals surface area contributed by atoms with Gasteiger partial charge in [-0.05, 0) is 85.3 Å². The van der Waals surface area contributed by atoms with E-state index in [1.807, 2.05) is 36.2 Å². The highest BCUT2D eigenvalue weighted by molar-refractivity contribution is 6.31. The van der Waals surface area contributed by atoms with E-state index in [1.54, 1.807) is 52.2 Å². The number of aryl methyl sites for hydroxylation is 1. The molecule has 0 spiro atoms. The number of rotatable bonds is 7. The Morgan fingerprint density at radius 2 is 1.71 bits per heavy atom. The number of phenols is 1. The molecule has 5 aromatic rings. The van der Waals surface area contributed by atoms with E-state index in [1.165, 1.54) is 5.56 Å². The van der Waals surface area contributed by atoms with Crippen LogP contribution in [0.2, 0.25) is 5.02 Å². The Kier molecular flexibility index (Phi) is 10.4. The van der Waals surface area contributed by atoms with Crippen molar-refractivity contribution in [3.63, 3.8) is 0 Å². The predicted octanol–water partition coefficient (Wildman–Crippen LogP) is 6.88. The number of carbonyl (C=O) groups excluding carboxylic acids is 2. The molecule has 3 aromatic carbocycles. The van der Waals surface area contributed by atoms with Gasteiger partial charge in [0.2, 0.25) is 0 Å². The fraction of sp³-hybridized carbons (Fsp3) is 0.325. The molecule has 10 nitrogen and oxygen atoms in total. The third-order valence-corrected chi connectivity index (χ3v) is 10.6. The van der Waals surface area contributed by atoms with Crippen molar-refractivity contribution in [1.82, 2.24) is 24.1 Å². The van der Waals surface area contributed by atoms with Gasteiger partial charge in [0.05, 0.1) is 24.5 Å². The molecule has 0 bridgehead atoms. The van der Waals surface area contributed by atoms with E-state index >= 15 is 0 Å². The third kappa shape index (κ3) is 6.96. The second kappa shape index (κ2) is 15.2. The van der Waals surface area contributed by atoms with Crippen LogP contribution < -0.4 is 4.90 Å². The van der Waals surface area contributed by atoms with Gasteiger partial charge < -0.3 is 19.3 Å². The number of nitrogens with zero attached hydrogens (tertiary/aromatic N) is 6. The smallest absolute Gasteiger partial charge is 0.265 e. The molecule has 3 aliphatic rings. The Balaban J connectivity index is 0.00000420. The Morgan fingerprint density at radius 1 is 0.942 bits per heavy atom. The van der Waals surface area contributed by atoms with E-state index in [0.29, 0.717) is 53.0 Å². The zero-order valence-corrected chi connectivity index (χ0v) is 30.7. The first kappa shape index (κ1) is 35.8. The lowest BCUT2D eigenvalue weighted by atomic mass is 9.92. The molecule has 52 heavy (non-hydrogen) atoms. The fourth-order valence-electron chi connectivity index (χ4n) is 7.82. The van der Waals surface area contributed by atoms with Crippen molar-refractivity contribution < 1.29 is 19.4 Å². The molecule has 270 valence electrons. The van der Waals surface area contributed by atoms with Gasteiger partial charge in [-0.15, -0.1) is 12.4 Å². The van der Waals surface area contributed by atoms with E-state index in [9.17, 15) is 14.7 Å². The molecule has 0 saturated carbocycles. The average molecular weight is 742 g/mol. The number of benzene rings is 3. The monoisotopic (exact) mass is 740 g/mol. The zero-order chi connectivity index (χ0) is 35.1. The van der Waals surface area contributed by atoms with Crippen molar-refractivity contribution in [1.29, 1.82) is 0 Å². The van der Waals surface area contributed by atoms with Crippen LogP contribution in [0.5, 0.6) is 5.75 Å². The first-order valence-electron chi connectivity index (χ1n) is 17.7. The molecular weight excluding hydrogens is 699 g/mol. The number of fused-ring (bicyclic) bond motifs is 2.